The maximum Gasteiger partial charge on any atom is 0.339 e. The third-order valence-corrected chi connectivity index (χ3v) is 3.86. The lowest BCUT2D eigenvalue weighted by atomic mass is 9.99. The molecule has 0 aromatic heterocycles. The number of hydrogen-bond acceptors (Lipinski definition) is 4. The molecule has 2 rings (SSSR count). The van der Waals surface area contributed by atoms with Crippen LogP contribution in [0.15, 0.2) is 18.2 Å². The van der Waals surface area contributed by atoms with E-state index in [0.717, 1.165) is 44.7 Å². The zero-order valence-corrected chi connectivity index (χ0v) is 12.7. The summed E-state index contributed by atoms with van der Waals surface area (Å²) >= 11 is 0. The molecule has 1 aliphatic rings. The van der Waals surface area contributed by atoms with Crippen LogP contribution in [0, 0.1) is 5.92 Å². The van der Waals surface area contributed by atoms with Crippen molar-refractivity contribution in [1.82, 2.24) is 4.90 Å². The zero-order chi connectivity index (χ0) is 15.2. The first-order valence-corrected chi connectivity index (χ1v) is 7.26. The highest BCUT2D eigenvalue weighted by Gasteiger charge is 2.17. The van der Waals surface area contributed by atoms with Crippen molar-refractivity contribution in [3.63, 3.8) is 0 Å². The average Bonchev–Trinajstić information content (AvgIpc) is 2.47. The van der Waals surface area contributed by atoms with Crippen LogP contribution in [-0.2, 0) is 11.3 Å². The summed E-state index contributed by atoms with van der Waals surface area (Å²) in [5, 5.41) is 9.08. The van der Waals surface area contributed by atoms with Crippen molar-refractivity contribution in [2.45, 2.75) is 19.4 Å². The monoisotopic (exact) mass is 293 g/mol. The first-order valence-electron chi connectivity index (χ1n) is 7.26. The Kier molecular flexibility index (Phi) is 5.59. The van der Waals surface area contributed by atoms with Crippen molar-refractivity contribution in [3.05, 3.63) is 29.3 Å². The van der Waals surface area contributed by atoms with Gasteiger partial charge in [-0.15, -0.1) is 0 Å². The zero-order valence-electron chi connectivity index (χ0n) is 12.7. The minimum atomic E-state index is -0.964. The molecule has 0 atom stereocenters. The van der Waals surface area contributed by atoms with Gasteiger partial charge in [-0.2, -0.15) is 0 Å². The maximum atomic E-state index is 11.1. The Hall–Kier alpha value is -1.59. The summed E-state index contributed by atoms with van der Waals surface area (Å²) in [7, 11) is 3.59. The van der Waals surface area contributed by atoms with Crippen molar-refractivity contribution in [1.29, 1.82) is 0 Å². The molecule has 1 aromatic carbocycles. The van der Waals surface area contributed by atoms with Crippen LogP contribution in [0.5, 0.6) is 5.75 Å². The summed E-state index contributed by atoms with van der Waals surface area (Å²) in [4.78, 5) is 13.3. The van der Waals surface area contributed by atoms with E-state index in [4.69, 9.17) is 14.6 Å². The molecule has 1 aromatic rings. The molecule has 0 unspecified atom stereocenters. The topological polar surface area (TPSA) is 59.0 Å². The van der Waals surface area contributed by atoms with Crippen LogP contribution < -0.4 is 4.74 Å². The van der Waals surface area contributed by atoms with Crippen molar-refractivity contribution in [2.75, 3.05) is 33.9 Å². The van der Waals surface area contributed by atoms with Crippen molar-refractivity contribution >= 4 is 5.97 Å². The van der Waals surface area contributed by atoms with Crippen LogP contribution in [0.1, 0.15) is 28.8 Å². The molecule has 0 radical (unpaired) electrons. The van der Waals surface area contributed by atoms with Crippen LogP contribution in [0.4, 0.5) is 0 Å². The van der Waals surface area contributed by atoms with E-state index in [0.29, 0.717) is 11.7 Å². The van der Waals surface area contributed by atoms with E-state index >= 15 is 0 Å². The summed E-state index contributed by atoms with van der Waals surface area (Å²) in [6.45, 7) is 3.54. The number of ether oxygens (including phenoxy) is 2. The van der Waals surface area contributed by atoms with E-state index in [-0.39, 0.29) is 5.56 Å². The molecule has 5 nitrogen and oxygen atoms in total. The summed E-state index contributed by atoms with van der Waals surface area (Å²) in [5.41, 5.74) is 1.26. The Balaban J connectivity index is 1.96. The van der Waals surface area contributed by atoms with Crippen LogP contribution in [0.3, 0.4) is 0 Å². The number of carboxylic acids is 1. The van der Waals surface area contributed by atoms with Gasteiger partial charge in [0.25, 0.3) is 0 Å². The number of aromatic carboxylic acids is 1. The molecule has 21 heavy (non-hydrogen) atoms. The van der Waals surface area contributed by atoms with Crippen LogP contribution in [0.2, 0.25) is 0 Å². The first-order chi connectivity index (χ1) is 10.1. The normalized spacial score (nSPS) is 16.1. The Bertz CT molecular complexity index is 483. The molecule has 1 fully saturated rings. The Morgan fingerprint density at radius 3 is 2.76 bits per heavy atom. The molecule has 1 saturated heterocycles. The van der Waals surface area contributed by atoms with Gasteiger partial charge in [0.2, 0.25) is 0 Å². The SMILES string of the molecule is COc1cc(CN(C)CC2CCOCC2)ccc1C(=O)O. The third kappa shape index (κ3) is 4.44. The molecule has 0 aliphatic carbocycles. The fourth-order valence-electron chi connectivity index (χ4n) is 2.76. The number of nitrogens with zero attached hydrogens (tertiary/aromatic N) is 1. The lowest BCUT2D eigenvalue weighted by molar-refractivity contribution is 0.0549. The quantitative estimate of drug-likeness (QED) is 0.871. The summed E-state index contributed by atoms with van der Waals surface area (Å²) in [6.07, 6.45) is 2.23. The number of carboxylic acid groups (broad SMARTS) is 1. The second-order valence-electron chi connectivity index (χ2n) is 5.59. The minimum absolute atomic E-state index is 0.202. The molecule has 0 bridgehead atoms. The van der Waals surface area contributed by atoms with Gasteiger partial charge in [0.1, 0.15) is 11.3 Å². The molecule has 116 valence electrons. The van der Waals surface area contributed by atoms with Gasteiger partial charge in [0.15, 0.2) is 0 Å². The summed E-state index contributed by atoms with van der Waals surface area (Å²) in [5.74, 6) is 0.136. The number of rotatable bonds is 6. The predicted octanol–water partition coefficient (Wildman–Crippen LogP) is 2.25. The van der Waals surface area contributed by atoms with E-state index in [1.165, 1.54) is 7.11 Å². The fourth-order valence-corrected chi connectivity index (χ4v) is 2.76. The van der Waals surface area contributed by atoms with Gasteiger partial charge in [0, 0.05) is 26.3 Å². The lowest BCUT2D eigenvalue weighted by Crippen LogP contribution is -2.29. The van der Waals surface area contributed by atoms with E-state index < -0.39 is 5.97 Å². The van der Waals surface area contributed by atoms with Gasteiger partial charge in [0.05, 0.1) is 7.11 Å². The lowest BCUT2D eigenvalue weighted by Gasteiger charge is -2.27. The highest BCUT2D eigenvalue weighted by atomic mass is 16.5. The molecule has 0 spiro atoms. The summed E-state index contributed by atoms with van der Waals surface area (Å²) in [6, 6.07) is 5.27. The molecular weight excluding hydrogens is 270 g/mol. The molecule has 1 heterocycles. The van der Waals surface area contributed by atoms with Gasteiger partial charge in [-0.1, -0.05) is 6.07 Å². The third-order valence-electron chi connectivity index (χ3n) is 3.86. The van der Waals surface area contributed by atoms with Crippen LogP contribution in [-0.4, -0.2) is 49.9 Å². The number of hydrogen-bond donors (Lipinski definition) is 1. The Morgan fingerprint density at radius 2 is 2.14 bits per heavy atom. The van der Waals surface area contributed by atoms with Crippen molar-refractivity contribution < 1.29 is 19.4 Å². The van der Waals surface area contributed by atoms with E-state index in [1.54, 1.807) is 6.07 Å². The van der Waals surface area contributed by atoms with Gasteiger partial charge in [-0.3, -0.25) is 0 Å². The van der Waals surface area contributed by atoms with Crippen LogP contribution >= 0.6 is 0 Å². The molecule has 0 saturated carbocycles. The number of methoxy groups -OCH3 is 1. The molecular formula is C16H23NO4. The van der Waals surface area contributed by atoms with E-state index in [9.17, 15) is 4.79 Å². The minimum Gasteiger partial charge on any atom is -0.496 e. The second-order valence-corrected chi connectivity index (χ2v) is 5.59. The van der Waals surface area contributed by atoms with Gasteiger partial charge in [-0.25, -0.2) is 4.79 Å². The first kappa shape index (κ1) is 15.8. The Labute approximate surface area is 125 Å². The maximum absolute atomic E-state index is 11.1. The molecule has 5 heteroatoms. The highest BCUT2D eigenvalue weighted by molar-refractivity contribution is 5.90. The molecule has 1 aliphatic heterocycles. The Morgan fingerprint density at radius 1 is 1.43 bits per heavy atom. The molecule has 0 amide bonds. The van der Waals surface area contributed by atoms with Gasteiger partial charge in [-0.05, 0) is 43.5 Å². The summed E-state index contributed by atoms with van der Waals surface area (Å²) < 4.78 is 10.5. The van der Waals surface area contributed by atoms with Gasteiger partial charge < -0.3 is 19.5 Å². The van der Waals surface area contributed by atoms with E-state index in [1.807, 2.05) is 12.1 Å². The highest BCUT2D eigenvalue weighted by Crippen LogP contribution is 2.22. The van der Waals surface area contributed by atoms with Crippen molar-refractivity contribution in [2.24, 2.45) is 5.92 Å². The predicted molar refractivity (Wildman–Crippen MR) is 79.8 cm³/mol. The van der Waals surface area contributed by atoms with Crippen LogP contribution in [0.25, 0.3) is 0 Å². The number of carbonyl (C=O) groups is 1. The molecule has 1 N–H and O–H groups in total. The van der Waals surface area contributed by atoms with Crippen molar-refractivity contribution in [3.8, 4) is 5.75 Å². The fraction of sp³-hybridized carbons (Fsp3) is 0.562. The van der Waals surface area contributed by atoms with E-state index in [2.05, 4.69) is 11.9 Å². The smallest absolute Gasteiger partial charge is 0.339 e. The van der Waals surface area contributed by atoms with Gasteiger partial charge >= 0.3 is 5.97 Å². The average molecular weight is 293 g/mol. The largest absolute Gasteiger partial charge is 0.496 e. The standard InChI is InChI=1S/C16H23NO4/c1-17(10-12-5-7-21-8-6-12)11-13-3-4-14(16(18)19)15(9-13)20-2/h3-4,9,12H,5-8,10-11H2,1-2H3,(H,18,19). The number of benzene rings is 1. The second kappa shape index (κ2) is 7.43.